The van der Waals surface area contributed by atoms with E-state index < -0.39 is 0 Å². The van der Waals surface area contributed by atoms with Gasteiger partial charge in [-0.05, 0) is 0 Å². The predicted octanol–water partition coefficient (Wildman–Crippen LogP) is 1.38. The van der Waals surface area contributed by atoms with E-state index in [2.05, 4.69) is 19.7 Å². The van der Waals surface area contributed by atoms with Gasteiger partial charge in [0.2, 0.25) is 0 Å². The number of aromatic nitrogens is 2. The van der Waals surface area contributed by atoms with Crippen LogP contribution < -0.4 is 5.73 Å². The van der Waals surface area contributed by atoms with Gasteiger partial charge in [0, 0.05) is 6.07 Å². The highest BCUT2D eigenvalue weighted by molar-refractivity contribution is 6.33. The third kappa shape index (κ3) is 3.04. The molecule has 0 spiro atoms. The molecule has 0 aliphatic heterocycles. The van der Waals surface area contributed by atoms with Crippen molar-refractivity contribution in [2.24, 2.45) is 10.7 Å². The molecule has 13 heavy (non-hydrogen) atoms. The first-order chi connectivity index (χ1) is 6.11. The lowest BCUT2D eigenvalue weighted by atomic mass is 10.7. The van der Waals surface area contributed by atoms with Crippen molar-refractivity contribution in [3.8, 4) is 0 Å². The number of hydrogen-bond acceptors (Lipinski definition) is 4. The maximum absolute atomic E-state index is 5.59. The molecule has 0 radical (unpaired) electrons. The van der Waals surface area contributed by atoms with Crippen LogP contribution in [0.2, 0.25) is 10.3 Å². The van der Waals surface area contributed by atoms with E-state index in [0.29, 0.717) is 0 Å². The van der Waals surface area contributed by atoms with Crippen LogP contribution in [0.3, 0.4) is 0 Å². The number of amidine groups is 1. The van der Waals surface area contributed by atoms with Crippen LogP contribution in [0, 0.1) is 0 Å². The molecular formula is C6H6Cl2N4O. The fourth-order valence-corrected chi connectivity index (χ4v) is 0.987. The highest BCUT2D eigenvalue weighted by Gasteiger charge is 2.00. The Morgan fingerprint density at radius 1 is 1.46 bits per heavy atom. The number of nitrogens with two attached hydrogens (primary N) is 1. The Hall–Kier alpha value is -1.07. The molecule has 0 fully saturated rings. The van der Waals surface area contributed by atoms with E-state index in [0.717, 1.165) is 0 Å². The first kappa shape index (κ1) is 10.0. The largest absolute Gasteiger partial charge is 0.468 e. The molecule has 1 aromatic heterocycles. The number of ether oxygens (including phenoxy) is 1. The summed E-state index contributed by atoms with van der Waals surface area (Å²) in [4.78, 5) is 11.2. The van der Waals surface area contributed by atoms with Crippen molar-refractivity contribution in [1.82, 2.24) is 9.97 Å². The summed E-state index contributed by atoms with van der Waals surface area (Å²) < 4.78 is 4.60. The van der Waals surface area contributed by atoms with E-state index in [-0.39, 0.29) is 22.3 Å². The summed E-state index contributed by atoms with van der Waals surface area (Å²) in [5, 5.41) is 0.394. The van der Waals surface area contributed by atoms with Gasteiger partial charge < -0.3 is 10.5 Å². The molecule has 0 unspecified atom stereocenters. The average molecular weight is 221 g/mol. The van der Waals surface area contributed by atoms with Crippen LogP contribution in [0.1, 0.15) is 0 Å². The summed E-state index contributed by atoms with van der Waals surface area (Å²) in [6.45, 7) is 0. The molecule has 0 bridgehead atoms. The fourth-order valence-electron chi connectivity index (χ4n) is 0.573. The number of nitrogens with zero attached hydrogens (tertiary/aromatic N) is 3. The topological polar surface area (TPSA) is 73.4 Å². The third-order valence-corrected chi connectivity index (χ3v) is 1.46. The van der Waals surface area contributed by atoms with Crippen LogP contribution in [0.25, 0.3) is 0 Å². The number of rotatable bonds is 1. The summed E-state index contributed by atoms with van der Waals surface area (Å²) >= 11 is 11.2. The van der Waals surface area contributed by atoms with Crippen LogP contribution >= 0.6 is 23.2 Å². The number of halogens is 2. The SMILES string of the molecule is CO/C(N)=N\c1nc(Cl)cc(Cl)n1. The van der Waals surface area contributed by atoms with Crippen LogP contribution in [0.4, 0.5) is 5.95 Å². The minimum atomic E-state index is -0.0571. The fraction of sp³-hybridized carbons (Fsp3) is 0.167. The number of hydrogen-bond donors (Lipinski definition) is 1. The van der Waals surface area contributed by atoms with Crippen molar-refractivity contribution in [3.05, 3.63) is 16.4 Å². The molecule has 70 valence electrons. The van der Waals surface area contributed by atoms with Crippen molar-refractivity contribution in [3.63, 3.8) is 0 Å². The van der Waals surface area contributed by atoms with E-state index in [1.807, 2.05) is 0 Å². The lowest BCUT2D eigenvalue weighted by molar-refractivity contribution is 0.396. The molecule has 1 heterocycles. The Bertz CT molecular complexity index is 321. The maximum atomic E-state index is 5.59. The van der Waals surface area contributed by atoms with E-state index in [1.165, 1.54) is 13.2 Å². The summed E-state index contributed by atoms with van der Waals surface area (Å²) in [5.74, 6) is 0.0665. The number of aliphatic imine (C=N–C) groups is 1. The van der Waals surface area contributed by atoms with Crippen molar-refractivity contribution in [2.45, 2.75) is 0 Å². The van der Waals surface area contributed by atoms with Gasteiger partial charge in [-0.25, -0.2) is 0 Å². The second-order valence-electron chi connectivity index (χ2n) is 1.97. The Balaban J connectivity index is 3.02. The van der Waals surface area contributed by atoms with Gasteiger partial charge in [0.25, 0.3) is 12.0 Å². The van der Waals surface area contributed by atoms with Crippen LogP contribution in [-0.4, -0.2) is 23.1 Å². The predicted molar refractivity (Wildman–Crippen MR) is 50.3 cm³/mol. The highest BCUT2D eigenvalue weighted by Crippen LogP contribution is 2.15. The molecule has 0 aliphatic rings. The van der Waals surface area contributed by atoms with E-state index in [9.17, 15) is 0 Å². The lowest BCUT2D eigenvalue weighted by Gasteiger charge is -1.97. The van der Waals surface area contributed by atoms with Crippen LogP contribution in [-0.2, 0) is 4.74 Å². The van der Waals surface area contributed by atoms with Crippen molar-refractivity contribution in [2.75, 3.05) is 7.11 Å². The quantitative estimate of drug-likeness (QED) is 0.441. The Morgan fingerprint density at radius 2 is 2.00 bits per heavy atom. The minimum absolute atomic E-state index is 0.0571. The van der Waals surface area contributed by atoms with Gasteiger partial charge in [-0.15, -0.1) is 0 Å². The van der Waals surface area contributed by atoms with Gasteiger partial charge in [0.15, 0.2) is 0 Å². The summed E-state index contributed by atoms with van der Waals surface area (Å²) in [5.41, 5.74) is 5.27. The second-order valence-corrected chi connectivity index (χ2v) is 2.74. The first-order valence-corrected chi connectivity index (χ1v) is 3.95. The van der Waals surface area contributed by atoms with E-state index >= 15 is 0 Å². The van der Waals surface area contributed by atoms with Gasteiger partial charge in [0.1, 0.15) is 10.3 Å². The van der Waals surface area contributed by atoms with Gasteiger partial charge >= 0.3 is 0 Å². The molecule has 0 saturated heterocycles. The Kier molecular flexibility index (Phi) is 3.27. The van der Waals surface area contributed by atoms with Crippen molar-refractivity contribution >= 4 is 35.2 Å². The molecule has 1 rings (SSSR count). The standard InChI is InChI=1S/C6H6Cl2N4O/c1-13-5(9)12-6-10-3(7)2-4(8)11-6/h2H,1H3,(H2,9,10,11,12). The molecule has 1 aromatic rings. The molecular weight excluding hydrogens is 215 g/mol. The zero-order chi connectivity index (χ0) is 9.84. The monoisotopic (exact) mass is 220 g/mol. The van der Waals surface area contributed by atoms with Crippen molar-refractivity contribution in [1.29, 1.82) is 0 Å². The van der Waals surface area contributed by atoms with Crippen LogP contribution in [0.5, 0.6) is 0 Å². The average Bonchev–Trinajstić information content (AvgIpc) is 2.02. The van der Waals surface area contributed by atoms with Gasteiger partial charge in [0.05, 0.1) is 7.11 Å². The van der Waals surface area contributed by atoms with Gasteiger partial charge in [-0.3, -0.25) is 0 Å². The Morgan fingerprint density at radius 3 is 2.46 bits per heavy atom. The zero-order valence-electron chi connectivity index (χ0n) is 6.66. The smallest absolute Gasteiger partial charge is 0.289 e. The third-order valence-electron chi connectivity index (χ3n) is 1.07. The molecule has 5 nitrogen and oxygen atoms in total. The molecule has 0 saturated carbocycles. The minimum Gasteiger partial charge on any atom is -0.468 e. The highest BCUT2D eigenvalue weighted by atomic mass is 35.5. The number of methoxy groups -OCH3 is 1. The lowest BCUT2D eigenvalue weighted by Crippen LogP contribution is -2.13. The van der Waals surface area contributed by atoms with E-state index in [1.54, 1.807) is 0 Å². The van der Waals surface area contributed by atoms with Crippen molar-refractivity contribution < 1.29 is 4.74 Å². The Labute approximate surface area is 84.6 Å². The maximum Gasteiger partial charge on any atom is 0.289 e. The van der Waals surface area contributed by atoms with E-state index in [4.69, 9.17) is 28.9 Å². The molecule has 0 aliphatic carbocycles. The first-order valence-electron chi connectivity index (χ1n) is 3.20. The van der Waals surface area contributed by atoms with Crippen LogP contribution in [0.15, 0.2) is 11.1 Å². The molecule has 0 amide bonds. The van der Waals surface area contributed by atoms with Gasteiger partial charge in [-0.1, -0.05) is 23.2 Å². The summed E-state index contributed by atoms with van der Waals surface area (Å²) in [6.07, 6.45) is 0. The second kappa shape index (κ2) is 4.25. The molecule has 0 aromatic carbocycles. The zero-order valence-corrected chi connectivity index (χ0v) is 8.17. The van der Waals surface area contributed by atoms with Gasteiger partial charge in [-0.2, -0.15) is 15.0 Å². The molecule has 7 heteroatoms. The molecule has 2 N–H and O–H groups in total. The normalized spacial score (nSPS) is 11.5. The molecule has 0 atom stereocenters. The summed E-state index contributed by atoms with van der Waals surface area (Å²) in [6, 6.07) is 1.34. The summed E-state index contributed by atoms with van der Waals surface area (Å²) in [7, 11) is 1.38.